The molecule has 0 amide bonds. The number of carbonyl (C=O) groups is 2. The lowest BCUT2D eigenvalue weighted by Crippen LogP contribution is -2.31. The highest BCUT2D eigenvalue weighted by Crippen LogP contribution is 2.67. The molecule has 2 aromatic rings. The molecular formula is C28H31ClO4. The highest BCUT2D eigenvalue weighted by Gasteiger charge is 2.56. The summed E-state index contributed by atoms with van der Waals surface area (Å²) in [5, 5.41) is 0.444. The Balaban J connectivity index is 1.28. The van der Waals surface area contributed by atoms with Crippen LogP contribution in [-0.4, -0.2) is 31.4 Å². The molecule has 5 rings (SSSR count). The molecule has 2 aliphatic carbocycles. The maximum absolute atomic E-state index is 12.7. The maximum atomic E-state index is 12.7. The zero-order valence-electron chi connectivity index (χ0n) is 19.4. The number of methoxy groups -OCH3 is 1. The van der Waals surface area contributed by atoms with E-state index in [-0.39, 0.29) is 17.8 Å². The molecule has 2 aromatic carbocycles. The van der Waals surface area contributed by atoms with Crippen LogP contribution < -0.4 is 4.74 Å². The molecule has 33 heavy (non-hydrogen) atoms. The quantitative estimate of drug-likeness (QED) is 0.448. The summed E-state index contributed by atoms with van der Waals surface area (Å²) in [5.74, 6) is 1.68. The number of halogens is 1. The fourth-order valence-corrected chi connectivity index (χ4v) is 6.32. The van der Waals surface area contributed by atoms with Crippen molar-refractivity contribution in [1.29, 1.82) is 0 Å². The molecule has 0 aromatic heterocycles. The average molecular weight is 467 g/mol. The standard InChI is InChI=1S/C28H31ClO4/c1-17(30)21-14-22(27(32-2)24(29)15-21)18-5-7-19(8-6-18)23-16-28(23)11-9-20(10-12-28)26(31)25-4-3-13-33-25/h5-8,14-15,20,23,25H,3-4,9-13,16H2,1-2H3/t20?,23-,25-,28?/m1/s1. The summed E-state index contributed by atoms with van der Waals surface area (Å²) in [4.78, 5) is 24.6. The van der Waals surface area contributed by atoms with Crippen LogP contribution in [0, 0.1) is 11.3 Å². The largest absolute Gasteiger partial charge is 0.495 e. The van der Waals surface area contributed by atoms with Crippen molar-refractivity contribution in [2.75, 3.05) is 13.7 Å². The predicted molar refractivity (Wildman–Crippen MR) is 129 cm³/mol. The summed E-state index contributed by atoms with van der Waals surface area (Å²) in [6.45, 7) is 2.28. The summed E-state index contributed by atoms with van der Waals surface area (Å²) in [6, 6.07) is 12.1. The first-order valence-electron chi connectivity index (χ1n) is 12.1. The number of Topliss-reactive ketones (excluding diaryl/α,β-unsaturated/α-hetero) is 2. The van der Waals surface area contributed by atoms with E-state index in [0.717, 1.165) is 56.3 Å². The number of hydrogen-bond acceptors (Lipinski definition) is 4. The van der Waals surface area contributed by atoms with Crippen molar-refractivity contribution in [3.05, 3.63) is 52.5 Å². The summed E-state index contributed by atoms with van der Waals surface area (Å²) in [5.41, 5.74) is 4.12. The number of ketones is 2. The lowest BCUT2D eigenvalue weighted by atomic mass is 9.75. The average Bonchev–Trinajstić information content (AvgIpc) is 3.24. The van der Waals surface area contributed by atoms with Crippen LogP contribution in [0.3, 0.4) is 0 Å². The molecule has 0 bridgehead atoms. The highest BCUT2D eigenvalue weighted by atomic mass is 35.5. The Labute approximate surface area is 200 Å². The van der Waals surface area contributed by atoms with Crippen LogP contribution >= 0.6 is 11.6 Å². The van der Waals surface area contributed by atoms with Gasteiger partial charge in [-0.05, 0) is 86.5 Å². The van der Waals surface area contributed by atoms with Gasteiger partial charge in [0.15, 0.2) is 11.6 Å². The zero-order valence-corrected chi connectivity index (χ0v) is 20.1. The molecule has 2 atom stereocenters. The lowest BCUT2D eigenvalue weighted by Gasteiger charge is -2.30. The van der Waals surface area contributed by atoms with E-state index < -0.39 is 0 Å². The van der Waals surface area contributed by atoms with E-state index in [4.69, 9.17) is 21.1 Å². The van der Waals surface area contributed by atoms with Crippen LogP contribution in [0.5, 0.6) is 5.75 Å². The van der Waals surface area contributed by atoms with E-state index in [9.17, 15) is 9.59 Å². The number of benzene rings is 2. The first-order valence-corrected chi connectivity index (χ1v) is 12.4. The van der Waals surface area contributed by atoms with Crippen LogP contribution in [-0.2, 0) is 9.53 Å². The molecule has 174 valence electrons. The molecule has 1 heterocycles. The second-order valence-corrected chi connectivity index (χ2v) is 10.4. The van der Waals surface area contributed by atoms with Crippen LogP contribution in [0.15, 0.2) is 36.4 Å². The third-order valence-corrected chi connectivity index (χ3v) is 8.38. The van der Waals surface area contributed by atoms with E-state index in [2.05, 4.69) is 24.3 Å². The van der Waals surface area contributed by atoms with Crippen LogP contribution in [0.2, 0.25) is 5.02 Å². The van der Waals surface area contributed by atoms with Crippen LogP contribution in [0.25, 0.3) is 11.1 Å². The van der Waals surface area contributed by atoms with Crippen molar-refractivity contribution in [3.8, 4) is 16.9 Å². The summed E-state index contributed by atoms with van der Waals surface area (Å²) in [7, 11) is 1.60. The van der Waals surface area contributed by atoms with E-state index in [0.29, 0.717) is 33.5 Å². The van der Waals surface area contributed by atoms with Crippen molar-refractivity contribution >= 4 is 23.2 Å². The summed E-state index contributed by atoms with van der Waals surface area (Å²) >= 11 is 6.38. The number of ether oxygens (including phenoxy) is 2. The zero-order chi connectivity index (χ0) is 23.2. The van der Waals surface area contributed by atoms with Gasteiger partial charge in [-0.1, -0.05) is 35.9 Å². The van der Waals surface area contributed by atoms with Crippen molar-refractivity contribution in [3.63, 3.8) is 0 Å². The third-order valence-electron chi connectivity index (χ3n) is 8.10. The molecule has 1 spiro atoms. The van der Waals surface area contributed by atoms with Crippen LogP contribution in [0.1, 0.15) is 73.7 Å². The molecule has 4 nitrogen and oxygen atoms in total. The smallest absolute Gasteiger partial charge is 0.164 e. The SMILES string of the molecule is COc1c(Cl)cc(C(C)=O)cc1-c1ccc([C@H]2CC23CCC(C(=O)[C@H]2CCCO2)CC3)cc1. The second kappa shape index (κ2) is 8.88. The van der Waals surface area contributed by atoms with Gasteiger partial charge in [-0.2, -0.15) is 0 Å². The number of hydrogen-bond donors (Lipinski definition) is 0. The fraction of sp³-hybridized carbons (Fsp3) is 0.500. The molecule has 0 radical (unpaired) electrons. The lowest BCUT2D eigenvalue weighted by molar-refractivity contribution is -0.133. The highest BCUT2D eigenvalue weighted by molar-refractivity contribution is 6.33. The Morgan fingerprint density at radius 1 is 1.09 bits per heavy atom. The fourth-order valence-electron chi connectivity index (χ4n) is 6.03. The maximum Gasteiger partial charge on any atom is 0.164 e. The Bertz CT molecular complexity index is 1060. The molecule has 3 fully saturated rings. The minimum atomic E-state index is -0.140. The van der Waals surface area contributed by atoms with Gasteiger partial charge in [-0.3, -0.25) is 9.59 Å². The topological polar surface area (TPSA) is 52.6 Å². The van der Waals surface area contributed by atoms with Crippen molar-refractivity contribution in [2.45, 2.75) is 63.9 Å². The predicted octanol–water partition coefficient (Wildman–Crippen LogP) is 6.63. The molecule has 2 saturated carbocycles. The van der Waals surface area contributed by atoms with E-state index in [1.807, 2.05) is 6.07 Å². The minimum Gasteiger partial charge on any atom is -0.495 e. The van der Waals surface area contributed by atoms with Gasteiger partial charge in [-0.25, -0.2) is 0 Å². The minimum absolute atomic E-state index is 0.0223. The van der Waals surface area contributed by atoms with Gasteiger partial charge >= 0.3 is 0 Å². The summed E-state index contributed by atoms with van der Waals surface area (Å²) in [6.07, 6.45) is 7.25. The van der Waals surface area contributed by atoms with Gasteiger partial charge < -0.3 is 9.47 Å². The van der Waals surface area contributed by atoms with Crippen LogP contribution in [0.4, 0.5) is 0 Å². The van der Waals surface area contributed by atoms with Gasteiger partial charge in [0.2, 0.25) is 0 Å². The normalized spacial score (nSPS) is 28.6. The molecule has 0 unspecified atom stereocenters. The van der Waals surface area contributed by atoms with E-state index in [1.165, 1.54) is 12.0 Å². The van der Waals surface area contributed by atoms with Crippen molar-refractivity contribution < 1.29 is 19.1 Å². The Hall–Kier alpha value is -2.17. The van der Waals surface area contributed by atoms with Crippen molar-refractivity contribution in [1.82, 2.24) is 0 Å². The Morgan fingerprint density at radius 2 is 1.82 bits per heavy atom. The van der Waals surface area contributed by atoms with Gasteiger partial charge in [0.05, 0.1) is 12.1 Å². The summed E-state index contributed by atoms with van der Waals surface area (Å²) < 4.78 is 11.2. The second-order valence-electron chi connectivity index (χ2n) is 10.0. The Morgan fingerprint density at radius 3 is 2.42 bits per heavy atom. The molecular weight excluding hydrogens is 436 g/mol. The van der Waals surface area contributed by atoms with E-state index >= 15 is 0 Å². The molecule has 1 saturated heterocycles. The molecule has 1 aliphatic heterocycles. The molecule has 3 aliphatic rings. The van der Waals surface area contributed by atoms with Gasteiger partial charge in [0.25, 0.3) is 0 Å². The van der Waals surface area contributed by atoms with Gasteiger partial charge in [0, 0.05) is 23.7 Å². The van der Waals surface area contributed by atoms with Gasteiger partial charge in [0.1, 0.15) is 11.9 Å². The molecule has 0 N–H and O–H groups in total. The third kappa shape index (κ3) is 4.24. The molecule has 5 heteroatoms. The van der Waals surface area contributed by atoms with Gasteiger partial charge in [-0.15, -0.1) is 0 Å². The monoisotopic (exact) mass is 466 g/mol. The first-order chi connectivity index (χ1) is 15.9. The number of carbonyl (C=O) groups excluding carboxylic acids is 2. The van der Waals surface area contributed by atoms with E-state index in [1.54, 1.807) is 20.1 Å². The first kappa shape index (κ1) is 22.6. The van der Waals surface area contributed by atoms with Crippen molar-refractivity contribution in [2.24, 2.45) is 11.3 Å². The number of rotatable bonds is 6. The Kier molecular flexibility index (Phi) is 6.09.